The van der Waals surface area contributed by atoms with Gasteiger partial charge in [-0.25, -0.2) is 0 Å². The molecule has 1 amide bonds. The van der Waals surface area contributed by atoms with Gasteiger partial charge in [-0.3, -0.25) is 4.79 Å². The maximum atomic E-state index is 12.5. The predicted molar refractivity (Wildman–Crippen MR) is 84.1 cm³/mol. The molecule has 0 radical (unpaired) electrons. The Morgan fingerprint density at radius 1 is 1.29 bits per heavy atom. The highest BCUT2D eigenvalue weighted by molar-refractivity contribution is 5.95. The Morgan fingerprint density at radius 3 is 2.67 bits per heavy atom. The molecule has 0 atom stereocenters. The van der Waals surface area contributed by atoms with E-state index in [0.717, 1.165) is 24.0 Å². The molecule has 2 rings (SSSR count). The number of hydrogen-bond donors (Lipinski definition) is 2. The van der Waals surface area contributed by atoms with Crippen LogP contribution < -0.4 is 5.32 Å². The number of aliphatic hydroxyl groups excluding tert-OH is 1. The minimum atomic E-state index is -0.173. The molecular formula is C18H23NO2. The number of carbonyl (C=O) groups excluding carboxylic acids is 1. The molecule has 0 aromatic heterocycles. The smallest absolute Gasteiger partial charge is 0.251 e. The van der Waals surface area contributed by atoms with Gasteiger partial charge in [0, 0.05) is 16.7 Å². The first-order chi connectivity index (χ1) is 10.0. The van der Waals surface area contributed by atoms with Gasteiger partial charge in [-0.05, 0) is 50.5 Å². The van der Waals surface area contributed by atoms with E-state index in [9.17, 15) is 4.79 Å². The zero-order valence-corrected chi connectivity index (χ0v) is 12.8. The van der Waals surface area contributed by atoms with Crippen LogP contribution in [0.1, 0.15) is 60.5 Å². The molecule has 1 aromatic carbocycles. The van der Waals surface area contributed by atoms with Gasteiger partial charge in [0.1, 0.15) is 6.61 Å². The molecular weight excluding hydrogens is 262 g/mol. The maximum absolute atomic E-state index is 12.5. The van der Waals surface area contributed by atoms with E-state index in [0.29, 0.717) is 5.56 Å². The van der Waals surface area contributed by atoms with Crippen molar-refractivity contribution in [2.75, 3.05) is 6.61 Å². The van der Waals surface area contributed by atoms with Crippen molar-refractivity contribution < 1.29 is 9.90 Å². The van der Waals surface area contributed by atoms with Gasteiger partial charge < -0.3 is 10.4 Å². The van der Waals surface area contributed by atoms with Crippen molar-refractivity contribution in [1.82, 2.24) is 5.32 Å². The van der Waals surface area contributed by atoms with Gasteiger partial charge in [0.15, 0.2) is 0 Å². The molecule has 21 heavy (non-hydrogen) atoms. The Labute approximate surface area is 126 Å². The number of hydrogen-bond acceptors (Lipinski definition) is 2. The van der Waals surface area contributed by atoms with E-state index in [2.05, 4.69) is 24.1 Å². The summed E-state index contributed by atoms with van der Waals surface area (Å²) >= 11 is 0. The van der Waals surface area contributed by atoms with Crippen molar-refractivity contribution in [3.63, 3.8) is 0 Å². The van der Waals surface area contributed by atoms with Crippen LogP contribution in [0.25, 0.3) is 0 Å². The fraction of sp³-hybridized carbons (Fsp3) is 0.500. The number of aliphatic hydroxyl groups is 1. The summed E-state index contributed by atoms with van der Waals surface area (Å²) < 4.78 is 0. The van der Waals surface area contributed by atoms with Crippen molar-refractivity contribution in [3.05, 3.63) is 34.9 Å². The highest BCUT2D eigenvalue weighted by atomic mass is 16.2. The standard InChI is InChI=1S/C18H23NO2/c1-14-11-15(7-6-10-20)13-16(12-14)17(21)19-18(2)8-4-3-5-9-18/h11-13,20H,3-5,8-10H2,1-2H3,(H,19,21). The summed E-state index contributed by atoms with van der Waals surface area (Å²) in [7, 11) is 0. The monoisotopic (exact) mass is 285 g/mol. The van der Waals surface area contributed by atoms with Crippen molar-refractivity contribution in [3.8, 4) is 11.8 Å². The van der Waals surface area contributed by atoms with Gasteiger partial charge in [-0.1, -0.05) is 31.1 Å². The lowest BCUT2D eigenvalue weighted by Gasteiger charge is -2.34. The number of benzene rings is 1. The minimum Gasteiger partial charge on any atom is -0.384 e. The van der Waals surface area contributed by atoms with Gasteiger partial charge in [0.2, 0.25) is 0 Å². The summed E-state index contributed by atoms with van der Waals surface area (Å²) in [6.45, 7) is 3.91. The second-order valence-corrected chi connectivity index (χ2v) is 6.12. The minimum absolute atomic E-state index is 0.0323. The summed E-state index contributed by atoms with van der Waals surface area (Å²) in [4.78, 5) is 12.5. The predicted octanol–water partition coefficient (Wildman–Crippen LogP) is 2.79. The molecule has 0 spiro atoms. The molecule has 1 aliphatic carbocycles. The summed E-state index contributed by atoms with van der Waals surface area (Å²) in [5.74, 6) is 5.45. The zero-order valence-electron chi connectivity index (χ0n) is 12.8. The first kappa shape index (κ1) is 15.6. The lowest BCUT2D eigenvalue weighted by molar-refractivity contribution is 0.0882. The molecule has 2 N–H and O–H groups in total. The molecule has 1 saturated carbocycles. The Kier molecular flexibility index (Phi) is 5.03. The fourth-order valence-corrected chi connectivity index (χ4v) is 2.93. The van der Waals surface area contributed by atoms with Crippen LogP contribution in [0.5, 0.6) is 0 Å². The molecule has 0 saturated heterocycles. The average molecular weight is 285 g/mol. The summed E-state index contributed by atoms with van der Waals surface area (Å²) in [6, 6.07) is 5.59. The highest BCUT2D eigenvalue weighted by Crippen LogP contribution is 2.28. The van der Waals surface area contributed by atoms with Crippen LogP contribution in [-0.4, -0.2) is 23.2 Å². The zero-order chi connectivity index (χ0) is 15.3. The van der Waals surface area contributed by atoms with Crippen LogP contribution in [0.15, 0.2) is 18.2 Å². The topological polar surface area (TPSA) is 49.3 Å². The van der Waals surface area contributed by atoms with E-state index in [1.54, 1.807) is 6.07 Å². The lowest BCUT2D eigenvalue weighted by Crippen LogP contribution is -2.47. The summed E-state index contributed by atoms with van der Waals surface area (Å²) in [5, 5.41) is 12.0. The molecule has 3 nitrogen and oxygen atoms in total. The number of amides is 1. The molecule has 3 heteroatoms. The average Bonchev–Trinajstić information content (AvgIpc) is 2.45. The van der Waals surface area contributed by atoms with Crippen molar-refractivity contribution in [2.24, 2.45) is 0 Å². The fourth-order valence-electron chi connectivity index (χ4n) is 2.93. The second kappa shape index (κ2) is 6.78. The first-order valence-electron chi connectivity index (χ1n) is 7.56. The molecule has 112 valence electrons. The van der Waals surface area contributed by atoms with E-state index < -0.39 is 0 Å². The molecule has 1 fully saturated rings. The van der Waals surface area contributed by atoms with E-state index in [1.165, 1.54) is 19.3 Å². The van der Waals surface area contributed by atoms with Crippen LogP contribution in [0.2, 0.25) is 0 Å². The molecule has 0 aliphatic heterocycles. The van der Waals surface area contributed by atoms with Crippen LogP contribution in [0.4, 0.5) is 0 Å². The largest absolute Gasteiger partial charge is 0.384 e. The normalized spacial score (nSPS) is 16.7. The van der Waals surface area contributed by atoms with Crippen molar-refractivity contribution in [1.29, 1.82) is 0 Å². The van der Waals surface area contributed by atoms with Crippen LogP contribution in [-0.2, 0) is 0 Å². The lowest BCUT2D eigenvalue weighted by atomic mass is 9.83. The molecule has 1 aliphatic rings. The number of nitrogens with one attached hydrogen (secondary N) is 1. The van der Waals surface area contributed by atoms with E-state index in [-0.39, 0.29) is 18.1 Å². The van der Waals surface area contributed by atoms with E-state index >= 15 is 0 Å². The second-order valence-electron chi connectivity index (χ2n) is 6.12. The Balaban J connectivity index is 2.16. The number of rotatable bonds is 2. The van der Waals surface area contributed by atoms with Crippen LogP contribution in [0.3, 0.4) is 0 Å². The summed E-state index contributed by atoms with van der Waals surface area (Å²) in [6.07, 6.45) is 5.70. The van der Waals surface area contributed by atoms with Gasteiger partial charge in [0.05, 0.1) is 0 Å². The van der Waals surface area contributed by atoms with Crippen molar-refractivity contribution >= 4 is 5.91 Å². The third-order valence-corrected chi connectivity index (χ3v) is 4.02. The number of aryl methyl sites for hydroxylation is 1. The van der Waals surface area contributed by atoms with E-state index in [4.69, 9.17) is 5.11 Å². The quantitative estimate of drug-likeness (QED) is 0.821. The molecule has 0 unspecified atom stereocenters. The van der Waals surface area contributed by atoms with Gasteiger partial charge in [-0.15, -0.1) is 0 Å². The SMILES string of the molecule is Cc1cc(C#CCO)cc(C(=O)NC2(C)CCCCC2)c1. The molecule has 0 heterocycles. The first-order valence-corrected chi connectivity index (χ1v) is 7.56. The third-order valence-electron chi connectivity index (χ3n) is 4.02. The summed E-state index contributed by atoms with van der Waals surface area (Å²) in [5.41, 5.74) is 2.32. The van der Waals surface area contributed by atoms with Gasteiger partial charge >= 0.3 is 0 Å². The highest BCUT2D eigenvalue weighted by Gasteiger charge is 2.28. The van der Waals surface area contributed by atoms with Gasteiger partial charge in [-0.2, -0.15) is 0 Å². The Morgan fingerprint density at radius 2 is 2.00 bits per heavy atom. The van der Waals surface area contributed by atoms with Crippen LogP contribution >= 0.6 is 0 Å². The molecule has 1 aromatic rings. The van der Waals surface area contributed by atoms with Crippen LogP contribution in [0, 0.1) is 18.8 Å². The van der Waals surface area contributed by atoms with Gasteiger partial charge in [0.25, 0.3) is 5.91 Å². The molecule has 0 bridgehead atoms. The number of carbonyl (C=O) groups is 1. The third kappa shape index (κ3) is 4.34. The Hall–Kier alpha value is -1.79. The van der Waals surface area contributed by atoms with Crippen molar-refractivity contribution in [2.45, 2.75) is 51.5 Å². The Bertz CT molecular complexity index is 575. The van der Waals surface area contributed by atoms with E-state index in [1.807, 2.05) is 19.1 Å². The maximum Gasteiger partial charge on any atom is 0.251 e.